The van der Waals surface area contributed by atoms with E-state index in [9.17, 15) is 9.59 Å². The van der Waals surface area contributed by atoms with Crippen LogP contribution in [0, 0.1) is 20.8 Å². The molecule has 1 aliphatic rings. The Morgan fingerprint density at radius 2 is 2.08 bits per heavy atom. The number of carbonyl (C=O) groups is 1. The summed E-state index contributed by atoms with van der Waals surface area (Å²) in [6, 6.07) is 7.73. The van der Waals surface area contributed by atoms with Crippen LogP contribution in [-0.4, -0.2) is 47.0 Å². The van der Waals surface area contributed by atoms with Gasteiger partial charge in [0.05, 0.1) is 0 Å². The first-order valence-corrected chi connectivity index (χ1v) is 9.03. The number of aromatic amines is 1. The number of aromatic nitrogens is 2. The largest absolute Gasteiger partial charge is 0.355 e. The number of carbonyl (C=O) groups excluding carboxylic acids is 1. The van der Waals surface area contributed by atoms with Gasteiger partial charge in [-0.1, -0.05) is 6.07 Å². The zero-order valence-corrected chi connectivity index (χ0v) is 15.9. The fourth-order valence-corrected chi connectivity index (χ4v) is 3.42. The lowest BCUT2D eigenvalue weighted by Crippen LogP contribution is -2.49. The molecule has 3 heterocycles. The maximum atomic E-state index is 12.9. The highest BCUT2D eigenvalue weighted by Crippen LogP contribution is 2.21. The van der Waals surface area contributed by atoms with Gasteiger partial charge in [0.15, 0.2) is 0 Å². The van der Waals surface area contributed by atoms with Crippen LogP contribution in [0.1, 0.15) is 40.2 Å². The monoisotopic (exact) mass is 354 g/mol. The van der Waals surface area contributed by atoms with Crippen molar-refractivity contribution in [3.8, 4) is 0 Å². The summed E-state index contributed by atoms with van der Waals surface area (Å²) in [6.45, 7) is 7.36. The Hall–Kier alpha value is -2.63. The van der Waals surface area contributed by atoms with Crippen LogP contribution in [0.25, 0.3) is 0 Å². The molecule has 26 heavy (non-hydrogen) atoms. The molecule has 3 rings (SSSR count). The number of piperidine rings is 1. The number of aryl methyl sites for hydroxylation is 3. The SMILES string of the molecule is Cc1cccc(N2CCC[C@@H](N(C)C(=O)c3cc(C)c(C)[nH]c3=O)C2)n1. The summed E-state index contributed by atoms with van der Waals surface area (Å²) in [6.07, 6.45) is 1.91. The summed E-state index contributed by atoms with van der Waals surface area (Å²) in [5.74, 6) is 0.720. The van der Waals surface area contributed by atoms with Crippen molar-refractivity contribution in [2.45, 2.75) is 39.7 Å². The highest BCUT2D eigenvalue weighted by atomic mass is 16.2. The fraction of sp³-hybridized carbons (Fsp3) is 0.450. The number of pyridine rings is 2. The summed E-state index contributed by atoms with van der Waals surface area (Å²) < 4.78 is 0. The first-order chi connectivity index (χ1) is 12.4. The molecule has 1 fully saturated rings. The molecule has 1 saturated heterocycles. The van der Waals surface area contributed by atoms with Crippen molar-refractivity contribution in [3.63, 3.8) is 0 Å². The first kappa shape index (κ1) is 18.2. The molecule has 0 radical (unpaired) electrons. The third-order valence-corrected chi connectivity index (χ3v) is 5.19. The molecule has 2 aromatic heterocycles. The highest BCUT2D eigenvalue weighted by Gasteiger charge is 2.28. The lowest BCUT2D eigenvalue weighted by Gasteiger charge is -2.38. The normalized spacial score (nSPS) is 17.2. The summed E-state index contributed by atoms with van der Waals surface area (Å²) >= 11 is 0. The van der Waals surface area contributed by atoms with Crippen molar-refractivity contribution >= 4 is 11.7 Å². The van der Waals surface area contributed by atoms with E-state index in [1.54, 1.807) is 18.0 Å². The Kier molecular flexibility index (Phi) is 5.11. The molecule has 2 aromatic rings. The van der Waals surface area contributed by atoms with Gasteiger partial charge in [-0.15, -0.1) is 0 Å². The summed E-state index contributed by atoms with van der Waals surface area (Å²) in [4.78, 5) is 36.4. The predicted octanol–water partition coefficient (Wildman–Crippen LogP) is 2.44. The molecular weight excluding hydrogens is 328 g/mol. The van der Waals surface area contributed by atoms with E-state index in [0.29, 0.717) is 0 Å². The van der Waals surface area contributed by atoms with Crippen LogP contribution in [0.4, 0.5) is 5.82 Å². The van der Waals surface area contributed by atoms with Gasteiger partial charge in [0.25, 0.3) is 11.5 Å². The first-order valence-electron chi connectivity index (χ1n) is 9.03. The second kappa shape index (κ2) is 7.32. The van der Waals surface area contributed by atoms with Gasteiger partial charge in [-0.2, -0.15) is 0 Å². The maximum absolute atomic E-state index is 12.9. The Labute approximate surface area is 153 Å². The van der Waals surface area contributed by atoms with Gasteiger partial charge in [0.2, 0.25) is 0 Å². The number of nitrogens with zero attached hydrogens (tertiary/aromatic N) is 3. The molecular formula is C20H26N4O2. The highest BCUT2D eigenvalue weighted by molar-refractivity contribution is 5.94. The molecule has 1 N–H and O–H groups in total. The van der Waals surface area contributed by atoms with E-state index in [1.807, 2.05) is 39.0 Å². The second-order valence-corrected chi connectivity index (χ2v) is 7.12. The molecule has 138 valence electrons. The Morgan fingerprint density at radius 3 is 2.81 bits per heavy atom. The van der Waals surface area contributed by atoms with Crippen molar-refractivity contribution in [2.24, 2.45) is 0 Å². The summed E-state index contributed by atoms with van der Waals surface area (Å²) in [7, 11) is 1.79. The number of likely N-dealkylation sites (N-methyl/N-ethyl adjacent to an activating group) is 1. The molecule has 1 amide bonds. The predicted molar refractivity (Wildman–Crippen MR) is 103 cm³/mol. The van der Waals surface area contributed by atoms with Crippen LogP contribution < -0.4 is 10.5 Å². The van der Waals surface area contributed by atoms with Crippen molar-refractivity contribution in [3.05, 3.63) is 57.1 Å². The average molecular weight is 354 g/mol. The Balaban J connectivity index is 1.79. The van der Waals surface area contributed by atoms with E-state index in [2.05, 4.69) is 14.9 Å². The number of nitrogens with one attached hydrogen (secondary N) is 1. The van der Waals surface area contributed by atoms with Gasteiger partial charge < -0.3 is 14.8 Å². The molecule has 0 unspecified atom stereocenters. The van der Waals surface area contributed by atoms with Crippen LogP contribution in [0.2, 0.25) is 0 Å². The second-order valence-electron chi connectivity index (χ2n) is 7.12. The smallest absolute Gasteiger partial charge is 0.261 e. The van der Waals surface area contributed by atoms with Crippen molar-refractivity contribution in [2.75, 3.05) is 25.0 Å². The number of hydrogen-bond acceptors (Lipinski definition) is 4. The minimum absolute atomic E-state index is 0.0552. The third-order valence-electron chi connectivity index (χ3n) is 5.19. The van der Waals surface area contributed by atoms with E-state index in [1.165, 1.54) is 0 Å². The minimum atomic E-state index is -0.321. The van der Waals surface area contributed by atoms with Gasteiger partial charge in [0, 0.05) is 37.6 Å². The summed E-state index contributed by atoms with van der Waals surface area (Å²) in [5.41, 5.74) is 2.58. The molecule has 0 spiro atoms. The van der Waals surface area contributed by atoms with Gasteiger partial charge in [-0.3, -0.25) is 9.59 Å². The van der Waals surface area contributed by atoms with Crippen molar-refractivity contribution < 1.29 is 4.79 Å². The maximum Gasteiger partial charge on any atom is 0.261 e. The van der Waals surface area contributed by atoms with E-state index in [-0.39, 0.29) is 23.1 Å². The fourth-order valence-electron chi connectivity index (χ4n) is 3.42. The summed E-state index contributed by atoms with van der Waals surface area (Å²) in [5, 5.41) is 0. The minimum Gasteiger partial charge on any atom is -0.355 e. The number of H-pyrrole nitrogens is 1. The van der Waals surface area contributed by atoms with Crippen LogP contribution >= 0.6 is 0 Å². The average Bonchev–Trinajstić information content (AvgIpc) is 2.63. The lowest BCUT2D eigenvalue weighted by molar-refractivity contribution is 0.0715. The van der Waals surface area contributed by atoms with Gasteiger partial charge >= 0.3 is 0 Å². The number of anilines is 1. The Bertz CT molecular complexity index is 874. The Morgan fingerprint density at radius 1 is 1.31 bits per heavy atom. The van der Waals surface area contributed by atoms with Gasteiger partial charge in [-0.25, -0.2) is 4.98 Å². The molecule has 6 nitrogen and oxygen atoms in total. The van der Waals surface area contributed by atoms with E-state index in [0.717, 1.165) is 48.7 Å². The molecule has 0 aromatic carbocycles. The third kappa shape index (κ3) is 3.64. The van der Waals surface area contributed by atoms with E-state index >= 15 is 0 Å². The molecule has 6 heteroatoms. The lowest BCUT2D eigenvalue weighted by atomic mass is 10.0. The molecule has 0 saturated carbocycles. The van der Waals surface area contributed by atoms with Crippen LogP contribution in [-0.2, 0) is 0 Å². The zero-order chi connectivity index (χ0) is 18.8. The van der Waals surface area contributed by atoms with Crippen LogP contribution in [0.5, 0.6) is 0 Å². The zero-order valence-electron chi connectivity index (χ0n) is 15.9. The van der Waals surface area contributed by atoms with Crippen LogP contribution in [0.15, 0.2) is 29.1 Å². The van der Waals surface area contributed by atoms with Crippen molar-refractivity contribution in [1.29, 1.82) is 0 Å². The number of hydrogen-bond donors (Lipinski definition) is 1. The number of rotatable bonds is 3. The molecule has 0 aliphatic carbocycles. The van der Waals surface area contributed by atoms with Crippen molar-refractivity contribution in [1.82, 2.24) is 14.9 Å². The van der Waals surface area contributed by atoms with Gasteiger partial charge in [-0.05, 0) is 57.4 Å². The van der Waals surface area contributed by atoms with Gasteiger partial charge in [0.1, 0.15) is 11.4 Å². The van der Waals surface area contributed by atoms with Crippen LogP contribution in [0.3, 0.4) is 0 Å². The molecule has 1 aliphatic heterocycles. The standard InChI is InChI=1S/C20H26N4O2/c1-13-11-17(19(25)22-15(13)3)20(26)23(4)16-8-6-10-24(12-16)18-9-5-7-14(2)21-18/h5,7,9,11,16H,6,8,10,12H2,1-4H3,(H,22,25)/t16-/m1/s1. The van der Waals surface area contributed by atoms with E-state index in [4.69, 9.17) is 0 Å². The molecule has 1 atom stereocenters. The topological polar surface area (TPSA) is 69.3 Å². The molecule has 0 bridgehead atoms. The van der Waals surface area contributed by atoms with E-state index < -0.39 is 0 Å². The number of amides is 1. The quantitative estimate of drug-likeness (QED) is 0.919.